The maximum Gasteiger partial charge on any atom is 0.309 e. The zero-order valence-corrected chi connectivity index (χ0v) is 14.7. The third-order valence-corrected chi connectivity index (χ3v) is 6.35. The van der Waals surface area contributed by atoms with Gasteiger partial charge in [0, 0.05) is 19.0 Å². The Labute approximate surface area is 143 Å². The maximum absolute atomic E-state index is 13.1. The van der Waals surface area contributed by atoms with Crippen molar-refractivity contribution in [2.24, 2.45) is 10.8 Å². The Morgan fingerprint density at radius 3 is 1.88 bits per heavy atom. The van der Waals surface area contributed by atoms with Gasteiger partial charge < -0.3 is 10.0 Å². The summed E-state index contributed by atoms with van der Waals surface area (Å²) in [5, 5.41) is 9.49. The van der Waals surface area contributed by atoms with Crippen LogP contribution in [0.25, 0.3) is 0 Å². The average molecular weight is 329 g/mol. The van der Waals surface area contributed by atoms with E-state index in [2.05, 4.69) is 31.2 Å². The average Bonchev–Trinajstić information content (AvgIpc) is 2.63. The first kappa shape index (κ1) is 17.0. The molecule has 0 radical (unpaired) electrons. The Hall–Kier alpha value is -1.84. The van der Waals surface area contributed by atoms with E-state index in [-0.39, 0.29) is 11.3 Å². The molecule has 4 rings (SSSR count). The summed E-state index contributed by atoms with van der Waals surface area (Å²) in [7, 11) is 1.87. The van der Waals surface area contributed by atoms with Gasteiger partial charge >= 0.3 is 5.97 Å². The third kappa shape index (κ3) is 2.83. The van der Waals surface area contributed by atoms with E-state index in [0.29, 0.717) is 25.8 Å². The largest absolute Gasteiger partial charge is 0.481 e. The Balaban J connectivity index is 1.67. The van der Waals surface area contributed by atoms with E-state index >= 15 is 0 Å². The van der Waals surface area contributed by atoms with Crippen LogP contribution in [-0.4, -0.2) is 28.9 Å². The van der Waals surface area contributed by atoms with Crippen molar-refractivity contribution in [3.63, 3.8) is 0 Å². The van der Waals surface area contributed by atoms with Gasteiger partial charge in [0.1, 0.15) is 0 Å². The molecular formula is C20H27NO3. The topological polar surface area (TPSA) is 57.6 Å². The molecule has 3 saturated carbocycles. The fourth-order valence-corrected chi connectivity index (χ4v) is 4.46. The summed E-state index contributed by atoms with van der Waals surface area (Å²) in [6.07, 6.45) is 5.11. The van der Waals surface area contributed by atoms with Crippen molar-refractivity contribution >= 4 is 11.9 Å². The standard InChI is InChI=1S/C20H27NO3/c1-3-15-4-6-16(7-5-15)14-21(2)17(22)19-8-11-20(12-9-19,13-10-19)18(23)24/h4-7H,3,8-14H2,1-2H3,(H,23,24). The van der Waals surface area contributed by atoms with Crippen molar-refractivity contribution in [3.8, 4) is 0 Å². The summed E-state index contributed by atoms with van der Waals surface area (Å²) < 4.78 is 0. The van der Waals surface area contributed by atoms with Crippen molar-refractivity contribution < 1.29 is 14.7 Å². The van der Waals surface area contributed by atoms with Gasteiger partial charge in [0.15, 0.2) is 0 Å². The zero-order chi connectivity index (χ0) is 17.4. The number of hydrogen-bond acceptors (Lipinski definition) is 2. The number of carbonyl (C=O) groups excluding carboxylic acids is 1. The van der Waals surface area contributed by atoms with E-state index in [1.54, 1.807) is 0 Å². The molecule has 0 heterocycles. The molecule has 0 unspecified atom stereocenters. The molecule has 1 aromatic rings. The highest BCUT2D eigenvalue weighted by molar-refractivity contribution is 5.84. The van der Waals surface area contributed by atoms with Gasteiger partial charge in [-0.05, 0) is 56.1 Å². The maximum atomic E-state index is 13.1. The molecule has 0 atom stereocenters. The lowest BCUT2D eigenvalue weighted by atomic mass is 9.53. The Bertz CT molecular complexity index is 610. The van der Waals surface area contributed by atoms with Crippen LogP contribution in [0.2, 0.25) is 0 Å². The summed E-state index contributed by atoms with van der Waals surface area (Å²) in [5.41, 5.74) is 1.56. The molecule has 3 fully saturated rings. The van der Waals surface area contributed by atoms with E-state index in [1.807, 2.05) is 11.9 Å². The number of nitrogens with zero attached hydrogens (tertiary/aromatic N) is 1. The molecule has 2 bridgehead atoms. The minimum Gasteiger partial charge on any atom is -0.481 e. The molecule has 3 aliphatic carbocycles. The van der Waals surface area contributed by atoms with Gasteiger partial charge in [-0.15, -0.1) is 0 Å². The van der Waals surface area contributed by atoms with Gasteiger partial charge in [-0.2, -0.15) is 0 Å². The third-order valence-electron chi connectivity index (χ3n) is 6.35. The van der Waals surface area contributed by atoms with Crippen LogP contribution in [0.3, 0.4) is 0 Å². The normalized spacial score (nSPS) is 28.6. The van der Waals surface area contributed by atoms with Crippen molar-refractivity contribution in [2.45, 2.75) is 58.4 Å². The summed E-state index contributed by atoms with van der Waals surface area (Å²) in [4.78, 5) is 26.4. The second kappa shape index (κ2) is 6.23. The van der Waals surface area contributed by atoms with Gasteiger partial charge in [-0.1, -0.05) is 31.2 Å². The van der Waals surface area contributed by atoms with Gasteiger partial charge in [0.25, 0.3) is 0 Å². The molecule has 0 saturated heterocycles. The van der Waals surface area contributed by atoms with E-state index in [9.17, 15) is 14.7 Å². The Morgan fingerprint density at radius 1 is 0.958 bits per heavy atom. The monoisotopic (exact) mass is 329 g/mol. The van der Waals surface area contributed by atoms with Crippen molar-refractivity contribution in [1.29, 1.82) is 0 Å². The van der Waals surface area contributed by atoms with E-state index in [0.717, 1.165) is 31.2 Å². The highest BCUT2D eigenvalue weighted by atomic mass is 16.4. The molecule has 24 heavy (non-hydrogen) atoms. The number of carbonyl (C=O) groups is 2. The number of benzene rings is 1. The quantitative estimate of drug-likeness (QED) is 0.897. The smallest absolute Gasteiger partial charge is 0.309 e. The molecular weight excluding hydrogens is 302 g/mol. The predicted molar refractivity (Wildman–Crippen MR) is 92.5 cm³/mol. The predicted octanol–water partition coefficient (Wildman–Crippen LogP) is 3.63. The number of aryl methyl sites for hydroxylation is 1. The summed E-state index contributed by atoms with van der Waals surface area (Å²) >= 11 is 0. The van der Waals surface area contributed by atoms with Crippen LogP contribution in [0.4, 0.5) is 0 Å². The lowest BCUT2D eigenvalue weighted by Crippen LogP contribution is -2.52. The first-order valence-electron chi connectivity index (χ1n) is 8.98. The minimum absolute atomic E-state index is 0.195. The first-order valence-corrected chi connectivity index (χ1v) is 8.98. The molecule has 4 nitrogen and oxygen atoms in total. The van der Waals surface area contributed by atoms with Crippen LogP contribution in [0.5, 0.6) is 0 Å². The van der Waals surface area contributed by atoms with E-state index < -0.39 is 11.4 Å². The van der Waals surface area contributed by atoms with Gasteiger partial charge in [-0.3, -0.25) is 9.59 Å². The summed E-state index contributed by atoms with van der Waals surface area (Å²) in [5.74, 6) is -0.478. The fourth-order valence-electron chi connectivity index (χ4n) is 4.46. The van der Waals surface area contributed by atoms with Gasteiger partial charge in [0.2, 0.25) is 5.91 Å². The van der Waals surface area contributed by atoms with Crippen LogP contribution in [0, 0.1) is 10.8 Å². The molecule has 1 N–H and O–H groups in total. The van der Waals surface area contributed by atoms with Crippen molar-refractivity contribution in [2.75, 3.05) is 7.05 Å². The Kier molecular flexibility index (Phi) is 4.41. The number of carboxylic acids is 1. The van der Waals surface area contributed by atoms with Crippen molar-refractivity contribution in [3.05, 3.63) is 35.4 Å². The number of hydrogen-bond donors (Lipinski definition) is 1. The Morgan fingerprint density at radius 2 is 1.42 bits per heavy atom. The van der Waals surface area contributed by atoms with Crippen LogP contribution in [0.15, 0.2) is 24.3 Å². The summed E-state index contributed by atoms with van der Waals surface area (Å²) in [6.45, 7) is 2.75. The van der Waals surface area contributed by atoms with E-state index in [4.69, 9.17) is 0 Å². The molecule has 0 aromatic heterocycles. The second-order valence-corrected chi connectivity index (χ2v) is 7.70. The number of amides is 1. The molecule has 3 aliphatic rings. The lowest BCUT2D eigenvalue weighted by Gasteiger charge is -2.51. The summed E-state index contributed by atoms with van der Waals surface area (Å²) in [6, 6.07) is 8.43. The molecule has 1 amide bonds. The van der Waals surface area contributed by atoms with E-state index in [1.165, 1.54) is 5.56 Å². The number of fused-ring (bicyclic) bond motifs is 3. The van der Waals surface area contributed by atoms with Gasteiger partial charge in [-0.25, -0.2) is 0 Å². The molecule has 130 valence electrons. The van der Waals surface area contributed by atoms with Crippen molar-refractivity contribution in [1.82, 2.24) is 4.90 Å². The molecule has 0 spiro atoms. The first-order chi connectivity index (χ1) is 11.4. The number of carboxylic acid groups (broad SMARTS) is 1. The molecule has 1 aromatic carbocycles. The SMILES string of the molecule is CCc1ccc(CN(C)C(=O)C23CCC(C(=O)O)(CC2)CC3)cc1. The lowest BCUT2D eigenvalue weighted by molar-refractivity contribution is -0.167. The van der Waals surface area contributed by atoms with Crippen LogP contribution >= 0.6 is 0 Å². The highest BCUT2D eigenvalue weighted by Crippen LogP contribution is 2.57. The fraction of sp³-hybridized carbons (Fsp3) is 0.600. The minimum atomic E-state index is -0.674. The zero-order valence-electron chi connectivity index (χ0n) is 14.7. The molecule has 0 aliphatic heterocycles. The second-order valence-electron chi connectivity index (χ2n) is 7.70. The van der Waals surface area contributed by atoms with Crippen LogP contribution in [0.1, 0.15) is 56.6 Å². The highest BCUT2D eigenvalue weighted by Gasteiger charge is 2.56. The molecule has 4 heteroatoms. The van der Waals surface area contributed by atoms with Crippen LogP contribution in [-0.2, 0) is 22.6 Å². The number of aliphatic carboxylic acids is 1. The van der Waals surface area contributed by atoms with Gasteiger partial charge in [0.05, 0.1) is 5.41 Å². The van der Waals surface area contributed by atoms with Crippen LogP contribution < -0.4 is 0 Å². The number of rotatable bonds is 5.